The molecule has 2 rings (SSSR count). The minimum Gasteiger partial charge on any atom is -0.497 e. The van der Waals surface area contributed by atoms with Crippen molar-refractivity contribution in [3.63, 3.8) is 0 Å². The first-order chi connectivity index (χ1) is 10.7. The predicted molar refractivity (Wildman–Crippen MR) is 89.8 cm³/mol. The molecule has 0 radical (unpaired) electrons. The van der Waals surface area contributed by atoms with Crippen LogP contribution in [0.4, 0.5) is 0 Å². The van der Waals surface area contributed by atoms with Crippen LogP contribution in [0.3, 0.4) is 0 Å². The van der Waals surface area contributed by atoms with Gasteiger partial charge < -0.3 is 9.84 Å². The van der Waals surface area contributed by atoms with Crippen molar-refractivity contribution in [3.05, 3.63) is 65.7 Å². The summed E-state index contributed by atoms with van der Waals surface area (Å²) < 4.78 is 5.29. The van der Waals surface area contributed by atoms with E-state index in [9.17, 15) is 5.11 Å². The maximum absolute atomic E-state index is 10.0. The number of aliphatic hydroxyl groups excluding tert-OH is 1. The molecule has 0 aromatic heterocycles. The monoisotopic (exact) mass is 299 g/mol. The Morgan fingerprint density at radius 3 is 2.36 bits per heavy atom. The van der Waals surface area contributed by atoms with Crippen LogP contribution in [0.2, 0.25) is 0 Å². The van der Waals surface area contributed by atoms with Gasteiger partial charge in [-0.2, -0.15) is 0 Å². The maximum atomic E-state index is 10.0. The number of nitrogens with zero attached hydrogens (tertiary/aromatic N) is 1. The second kappa shape index (κ2) is 8.57. The van der Waals surface area contributed by atoms with Gasteiger partial charge in [0.1, 0.15) is 5.75 Å². The normalized spacial score (nSPS) is 12.4. The molecule has 2 aromatic carbocycles. The third-order valence-electron chi connectivity index (χ3n) is 3.73. The summed E-state index contributed by atoms with van der Waals surface area (Å²) in [6.07, 6.45) is 0.470. The van der Waals surface area contributed by atoms with Crippen molar-refractivity contribution in [2.45, 2.75) is 32.5 Å². The smallest absolute Gasteiger partial charge is 0.119 e. The van der Waals surface area contributed by atoms with Crippen LogP contribution in [-0.4, -0.2) is 29.8 Å². The third kappa shape index (κ3) is 5.17. The highest BCUT2D eigenvalue weighted by molar-refractivity contribution is 5.28. The Kier molecular flexibility index (Phi) is 6.44. The molecule has 22 heavy (non-hydrogen) atoms. The van der Waals surface area contributed by atoms with E-state index in [0.717, 1.165) is 25.3 Å². The first-order valence-corrected chi connectivity index (χ1v) is 7.78. The number of methoxy groups -OCH3 is 1. The zero-order valence-electron chi connectivity index (χ0n) is 13.4. The standard InChI is InChI=1S/C19H25NO2/c1-3-18(21)15-20(13-16-8-5-4-6-9-16)14-17-10-7-11-19(12-17)22-2/h4-12,18,21H,3,13-15H2,1-2H3/t18-/m0/s1. The van der Waals surface area contributed by atoms with Crippen LogP contribution in [0.5, 0.6) is 5.75 Å². The molecule has 0 heterocycles. The third-order valence-corrected chi connectivity index (χ3v) is 3.73. The lowest BCUT2D eigenvalue weighted by Gasteiger charge is -2.25. The lowest BCUT2D eigenvalue weighted by Crippen LogP contribution is -2.31. The average Bonchev–Trinajstić information content (AvgIpc) is 2.55. The molecule has 2 aromatic rings. The number of rotatable bonds is 8. The number of hydrogen-bond acceptors (Lipinski definition) is 3. The summed E-state index contributed by atoms with van der Waals surface area (Å²) in [5.74, 6) is 0.869. The second-order valence-electron chi connectivity index (χ2n) is 5.57. The summed E-state index contributed by atoms with van der Waals surface area (Å²) in [7, 11) is 1.68. The van der Waals surface area contributed by atoms with Gasteiger partial charge in [-0.05, 0) is 29.7 Å². The summed E-state index contributed by atoms with van der Waals surface area (Å²) >= 11 is 0. The molecular formula is C19H25NO2. The molecule has 0 aliphatic heterocycles. The van der Waals surface area contributed by atoms with E-state index in [2.05, 4.69) is 41.3 Å². The molecule has 3 heteroatoms. The fraction of sp³-hybridized carbons (Fsp3) is 0.368. The van der Waals surface area contributed by atoms with Crippen LogP contribution >= 0.6 is 0 Å². The van der Waals surface area contributed by atoms with Crippen LogP contribution < -0.4 is 4.74 Å². The van der Waals surface area contributed by atoms with Gasteiger partial charge in [0.15, 0.2) is 0 Å². The second-order valence-corrected chi connectivity index (χ2v) is 5.57. The Morgan fingerprint density at radius 1 is 1.00 bits per heavy atom. The first-order valence-electron chi connectivity index (χ1n) is 7.78. The van der Waals surface area contributed by atoms with Gasteiger partial charge in [0.05, 0.1) is 13.2 Å². The summed E-state index contributed by atoms with van der Waals surface area (Å²) in [6, 6.07) is 18.5. The Hall–Kier alpha value is -1.84. The van der Waals surface area contributed by atoms with E-state index >= 15 is 0 Å². The summed E-state index contributed by atoms with van der Waals surface area (Å²) in [6.45, 7) is 4.30. The summed E-state index contributed by atoms with van der Waals surface area (Å²) in [5.41, 5.74) is 2.45. The lowest BCUT2D eigenvalue weighted by molar-refractivity contribution is 0.101. The molecule has 0 saturated carbocycles. The molecule has 0 amide bonds. The van der Waals surface area contributed by atoms with Gasteiger partial charge in [-0.15, -0.1) is 0 Å². The van der Waals surface area contributed by atoms with Crippen molar-refractivity contribution in [2.75, 3.05) is 13.7 Å². The van der Waals surface area contributed by atoms with Crippen molar-refractivity contribution in [1.82, 2.24) is 4.90 Å². The van der Waals surface area contributed by atoms with Crippen molar-refractivity contribution < 1.29 is 9.84 Å². The molecular weight excluding hydrogens is 274 g/mol. The highest BCUT2D eigenvalue weighted by Gasteiger charge is 2.12. The van der Waals surface area contributed by atoms with Crippen LogP contribution in [0.15, 0.2) is 54.6 Å². The topological polar surface area (TPSA) is 32.7 Å². The molecule has 0 unspecified atom stereocenters. The lowest BCUT2D eigenvalue weighted by atomic mass is 10.1. The van der Waals surface area contributed by atoms with Gasteiger partial charge in [0.2, 0.25) is 0 Å². The number of benzene rings is 2. The minimum atomic E-state index is -0.297. The first kappa shape index (κ1) is 16.5. The van der Waals surface area contributed by atoms with E-state index in [0.29, 0.717) is 6.54 Å². The van der Waals surface area contributed by atoms with E-state index in [1.54, 1.807) is 7.11 Å². The van der Waals surface area contributed by atoms with E-state index < -0.39 is 0 Å². The number of hydrogen-bond donors (Lipinski definition) is 1. The van der Waals surface area contributed by atoms with Gasteiger partial charge in [-0.25, -0.2) is 0 Å². The Bertz CT molecular complexity index is 556. The van der Waals surface area contributed by atoms with Crippen LogP contribution in [0.25, 0.3) is 0 Å². The van der Waals surface area contributed by atoms with Crippen molar-refractivity contribution in [2.24, 2.45) is 0 Å². The molecule has 1 atom stereocenters. The van der Waals surface area contributed by atoms with Crippen LogP contribution in [-0.2, 0) is 13.1 Å². The van der Waals surface area contributed by atoms with E-state index in [4.69, 9.17) is 4.74 Å². The minimum absolute atomic E-state index is 0.297. The molecule has 1 N–H and O–H groups in total. The number of ether oxygens (including phenoxy) is 1. The van der Waals surface area contributed by atoms with Crippen molar-refractivity contribution in [3.8, 4) is 5.75 Å². The molecule has 3 nitrogen and oxygen atoms in total. The van der Waals surface area contributed by atoms with E-state index in [1.807, 2.05) is 25.1 Å². The van der Waals surface area contributed by atoms with Crippen molar-refractivity contribution in [1.29, 1.82) is 0 Å². The Morgan fingerprint density at radius 2 is 1.68 bits per heavy atom. The molecule has 0 aliphatic carbocycles. The molecule has 0 fully saturated rings. The van der Waals surface area contributed by atoms with Gasteiger partial charge in [-0.3, -0.25) is 4.90 Å². The zero-order valence-corrected chi connectivity index (χ0v) is 13.4. The summed E-state index contributed by atoms with van der Waals surface area (Å²) in [5, 5.41) is 10.0. The highest BCUT2D eigenvalue weighted by atomic mass is 16.5. The van der Waals surface area contributed by atoms with Gasteiger partial charge in [-0.1, -0.05) is 49.4 Å². The zero-order chi connectivity index (χ0) is 15.8. The van der Waals surface area contributed by atoms with Gasteiger partial charge in [0, 0.05) is 19.6 Å². The highest BCUT2D eigenvalue weighted by Crippen LogP contribution is 2.16. The molecule has 0 spiro atoms. The summed E-state index contributed by atoms with van der Waals surface area (Å²) in [4.78, 5) is 2.28. The van der Waals surface area contributed by atoms with Crippen LogP contribution in [0, 0.1) is 0 Å². The Balaban J connectivity index is 2.09. The van der Waals surface area contributed by atoms with E-state index in [1.165, 1.54) is 11.1 Å². The molecule has 0 saturated heterocycles. The quantitative estimate of drug-likeness (QED) is 0.810. The van der Waals surface area contributed by atoms with Crippen LogP contribution in [0.1, 0.15) is 24.5 Å². The molecule has 0 bridgehead atoms. The molecule has 118 valence electrons. The number of aliphatic hydroxyl groups is 1. The predicted octanol–water partition coefficient (Wildman–Crippen LogP) is 3.47. The average molecular weight is 299 g/mol. The van der Waals surface area contributed by atoms with Gasteiger partial charge >= 0.3 is 0 Å². The fourth-order valence-corrected chi connectivity index (χ4v) is 2.48. The largest absolute Gasteiger partial charge is 0.497 e. The van der Waals surface area contributed by atoms with E-state index in [-0.39, 0.29) is 6.10 Å². The molecule has 0 aliphatic rings. The SMILES string of the molecule is CC[C@H](O)CN(Cc1ccccc1)Cc1cccc(OC)c1. The maximum Gasteiger partial charge on any atom is 0.119 e. The Labute approximate surface area is 133 Å². The van der Waals surface area contributed by atoms with Gasteiger partial charge in [0.25, 0.3) is 0 Å². The van der Waals surface area contributed by atoms with Crippen molar-refractivity contribution >= 4 is 0 Å². The fourth-order valence-electron chi connectivity index (χ4n) is 2.48.